The average Bonchev–Trinajstić information content (AvgIpc) is 2.47. The van der Waals surface area contributed by atoms with Crippen LogP contribution in [-0.2, 0) is 9.59 Å². The molecule has 0 aromatic rings. The van der Waals surface area contributed by atoms with Gasteiger partial charge >= 0.3 is 0 Å². The van der Waals surface area contributed by atoms with E-state index in [1.165, 1.54) is 38.5 Å². The van der Waals surface area contributed by atoms with Gasteiger partial charge in [-0.2, -0.15) is 0 Å². The third kappa shape index (κ3) is 12.2. The summed E-state index contributed by atoms with van der Waals surface area (Å²) in [5.74, 6) is -0.751. The fourth-order valence-corrected chi connectivity index (χ4v) is 2.34. The molecule has 0 aliphatic rings. The van der Waals surface area contributed by atoms with Crippen LogP contribution < -0.4 is 11.5 Å². The van der Waals surface area contributed by atoms with Crippen LogP contribution in [0.15, 0.2) is 24.3 Å². The maximum absolute atomic E-state index is 10.8. The third-order valence-electron chi connectivity index (χ3n) is 3.90. The van der Waals surface area contributed by atoms with E-state index < -0.39 is 0 Å². The van der Waals surface area contributed by atoms with Crippen LogP contribution in [0.4, 0.5) is 0 Å². The molecule has 0 spiro atoms. The number of amides is 2. The van der Waals surface area contributed by atoms with Gasteiger partial charge < -0.3 is 11.5 Å². The van der Waals surface area contributed by atoms with Gasteiger partial charge in [-0.1, -0.05) is 64.5 Å². The van der Waals surface area contributed by atoms with Crippen molar-refractivity contribution >= 4 is 11.8 Å². The fourth-order valence-electron chi connectivity index (χ4n) is 2.34. The molecule has 0 atom stereocenters. The second-order valence-electron chi connectivity index (χ2n) is 5.97. The van der Waals surface area contributed by atoms with Gasteiger partial charge in [-0.05, 0) is 25.7 Å². The van der Waals surface area contributed by atoms with Crippen molar-refractivity contribution in [2.24, 2.45) is 11.5 Å². The van der Waals surface area contributed by atoms with Crippen LogP contribution in [-0.4, -0.2) is 11.8 Å². The van der Waals surface area contributed by atoms with E-state index in [2.05, 4.69) is 13.2 Å². The van der Waals surface area contributed by atoms with Crippen molar-refractivity contribution in [1.82, 2.24) is 0 Å². The normalized spacial score (nSPS) is 10.4. The SMILES string of the molecule is C=C(CCCCCCCCCCCCC(=C)C(N)=O)C(N)=O. The molecular weight excluding hydrogens is 276 g/mol. The van der Waals surface area contributed by atoms with E-state index in [1.54, 1.807) is 0 Å². The van der Waals surface area contributed by atoms with Crippen molar-refractivity contribution in [3.05, 3.63) is 24.3 Å². The van der Waals surface area contributed by atoms with E-state index >= 15 is 0 Å². The topological polar surface area (TPSA) is 86.2 Å². The van der Waals surface area contributed by atoms with Gasteiger partial charge in [-0.25, -0.2) is 0 Å². The first-order valence-corrected chi connectivity index (χ1v) is 8.40. The Morgan fingerprint density at radius 2 is 0.773 bits per heavy atom. The molecule has 2 amide bonds. The summed E-state index contributed by atoms with van der Waals surface area (Å²) in [6.45, 7) is 7.30. The molecule has 0 fully saturated rings. The number of hydrogen-bond donors (Lipinski definition) is 2. The fraction of sp³-hybridized carbons (Fsp3) is 0.667. The molecule has 0 saturated carbocycles. The van der Waals surface area contributed by atoms with Gasteiger partial charge in [0, 0.05) is 11.1 Å². The lowest BCUT2D eigenvalue weighted by Gasteiger charge is -2.04. The monoisotopic (exact) mass is 308 g/mol. The molecule has 0 radical (unpaired) electrons. The Kier molecular flexibility index (Phi) is 12.2. The predicted molar refractivity (Wildman–Crippen MR) is 92.1 cm³/mol. The van der Waals surface area contributed by atoms with Crippen LogP contribution in [0, 0.1) is 0 Å². The van der Waals surface area contributed by atoms with Crippen molar-refractivity contribution in [3.8, 4) is 0 Å². The highest BCUT2D eigenvalue weighted by atomic mass is 16.1. The molecule has 0 heterocycles. The van der Waals surface area contributed by atoms with Crippen molar-refractivity contribution in [3.63, 3.8) is 0 Å². The Hall–Kier alpha value is -1.58. The van der Waals surface area contributed by atoms with E-state index in [1.807, 2.05) is 0 Å². The standard InChI is InChI=1S/C18H32N2O2/c1-15(17(19)21)13-11-9-7-5-3-4-6-8-10-12-14-16(2)18(20)22/h1-14H2,(H2,19,21)(H2,20,22). The Balaban J connectivity index is 3.21. The number of primary amides is 2. The molecule has 4 N–H and O–H groups in total. The van der Waals surface area contributed by atoms with Crippen LogP contribution in [0.1, 0.15) is 77.0 Å². The summed E-state index contributed by atoms with van der Waals surface area (Å²) in [5.41, 5.74) is 11.3. The van der Waals surface area contributed by atoms with Crippen LogP contribution in [0.5, 0.6) is 0 Å². The van der Waals surface area contributed by atoms with Crippen LogP contribution in [0.25, 0.3) is 0 Å². The first kappa shape index (κ1) is 20.4. The summed E-state index contributed by atoms with van der Waals surface area (Å²) in [7, 11) is 0. The minimum atomic E-state index is -0.376. The van der Waals surface area contributed by atoms with E-state index in [9.17, 15) is 9.59 Å². The maximum atomic E-state index is 10.8. The zero-order valence-corrected chi connectivity index (χ0v) is 13.9. The van der Waals surface area contributed by atoms with Gasteiger partial charge in [0.25, 0.3) is 0 Å². The molecule has 0 aliphatic heterocycles. The lowest BCUT2D eigenvalue weighted by Crippen LogP contribution is -2.12. The second-order valence-corrected chi connectivity index (χ2v) is 5.97. The highest BCUT2D eigenvalue weighted by Gasteiger charge is 2.01. The predicted octanol–water partition coefficient (Wildman–Crippen LogP) is 3.75. The number of rotatable bonds is 15. The minimum absolute atomic E-state index is 0.376. The Morgan fingerprint density at radius 3 is 1.00 bits per heavy atom. The largest absolute Gasteiger partial charge is 0.366 e. The van der Waals surface area contributed by atoms with Gasteiger partial charge in [0.05, 0.1) is 0 Å². The first-order valence-electron chi connectivity index (χ1n) is 8.40. The van der Waals surface area contributed by atoms with Crippen molar-refractivity contribution < 1.29 is 9.59 Å². The summed E-state index contributed by atoms with van der Waals surface area (Å²) < 4.78 is 0. The highest BCUT2D eigenvalue weighted by Crippen LogP contribution is 2.14. The van der Waals surface area contributed by atoms with E-state index in [0.717, 1.165) is 38.5 Å². The smallest absolute Gasteiger partial charge is 0.244 e. The molecule has 0 aliphatic carbocycles. The summed E-state index contributed by atoms with van der Waals surface area (Å²) in [6.07, 6.45) is 13.2. The van der Waals surface area contributed by atoms with Crippen molar-refractivity contribution in [2.45, 2.75) is 77.0 Å². The van der Waals surface area contributed by atoms with Gasteiger partial charge in [0.1, 0.15) is 0 Å². The molecule has 0 unspecified atom stereocenters. The summed E-state index contributed by atoms with van der Waals surface area (Å²) in [4.78, 5) is 21.6. The highest BCUT2D eigenvalue weighted by molar-refractivity contribution is 5.91. The molecule has 0 aromatic carbocycles. The zero-order valence-electron chi connectivity index (χ0n) is 13.9. The number of carbonyl (C=O) groups is 2. The maximum Gasteiger partial charge on any atom is 0.244 e. The number of carbonyl (C=O) groups excluding carboxylic acids is 2. The summed E-state index contributed by atoms with van der Waals surface area (Å²) in [5, 5.41) is 0. The lowest BCUT2D eigenvalue weighted by atomic mass is 10.0. The van der Waals surface area contributed by atoms with Gasteiger partial charge in [-0.3, -0.25) is 9.59 Å². The first-order chi connectivity index (χ1) is 10.4. The van der Waals surface area contributed by atoms with E-state index in [0.29, 0.717) is 11.1 Å². The number of nitrogens with two attached hydrogens (primary N) is 2. The van der Waals surface area contributed by atoms with Crippen molar-refractivity contribution in [1.29, 1.82) is 0 Å². The Morgan fingerprint density at radius 1 is 0.545 bits per heavy atom. The van der Waals surface area contributed by atoms with Crippen LogP contribution in [0.2, 0.25) is 0 Å². The summed E-state index contributed by atoms with van der Waals surface area (Å²) >= 11 is 0. The molecule has 4 heteroatoms. The molecule has 0 aromatic heterocycles. The molecular formula is C18H32N2O2. The van der Waals surface area contributed by atoms with Crippen LogP contribution >= 0.6 is 0 Å². The lowest BCUT2D eigenvalue weighted by molar-refractivity contribution is -0.115. The molecule has 22 heavy (non-hydrogen) atoms. The Labute approximate surface area is 135 Å². The van der Waals surface area contributed by atoms with Crippen molar-refractivity contribution in [2.75, 3.05) is 0 Å². The molecule has 0 bridgehead atoms. The average molecular weight is 308 g/mol. The summed E-state index contributed by atoms with van der Waals surface area (Å²) in [6, 6.07) is 0. The third-order valence-corrected chi connectivity index (χ3v) is 3.90. The van der Waals surface area contributed by atoms with Gasteiger partial charge in [-0.15, -0.1) is 0 Å². The molecule has 126 valence electrons. The second kappa shape index (κ2) is 13.1. The molecule has 4 nitrogen and oxygen atoms in total. The van der Waals surface area contributed by atoms with E-state index in [-0.39, 0.29) is 11.8 Å². The van der Waals surface area contributed by atoms with E-state index in [4.69, 9.17) is 11.5 Å². The van der Waals surface area contributed by atoms with Crippen LogP contribution in [0.3, 0.4) is 0 Å². The van der Waals surface area contributed by atoms with Gasteiger partial charge in [0.15, 0.2) is 0 Å². The van der Waals surface area contributed by atoms with Gasteiger partial charge in [0.2, 0.25) is 11.8 Å². The quantitative estimate of drug-likeness (QED) is 0.356. The number of hydrogen-bond acceptors (Lipinski definition) is 2. The zero-order chi connectivity index (χ0) is 16.8. The Bertz CT molecular complexity index is 339. The number of unbranched alkanes of at least 4 members (excludes halogenated alkanes) is 9. The molecule has 0 rings (SSSR count). The molecule has 0 saturated heterocycles. The minimum Gasteiger partial charge on any atom is -0.366 e.